The molecule has 0 radical (unpaired) electrons. The lowest BCUT2D eigenvalue weighted by Crippen LogP contribution is -2.27. The van der Waals surface area contributed by atoms with Crippen molar-refractivity contribution in [3.05, 3.63) is 101 Å². The maximum atomic E-state index is 12.7. The second-order valence-electron chi connectivity index (χ2n) is 8.19. The molecular weight excluding hydrogens is 456 g/mol. The van der Waals surface area contributed by atoms with Gasteiger partial charge in [0.25, 0.3) is 5.91 Å². The molecule has 178 valence electrons. The maximum absolute atomic E-state index is 12.7. The highest BCUT2D eigenvalue weighted by atomic mass is 32.2. The fraction of sp³-hybridized carbons (Fsp3) is 0.185. The summed E-state index contributed by atoms with van der Waals surface area (Å²) in [6.45, 7) is 6.41. The zero-order valence-electron chi connectivity index (χ0n) is 20.0. The first kappa shape index (κ1) is 24.2. The average molecular weight is 485 g/mol. The molecule has 0 aliphatic carbocycles. The maximum Gasteiger partial charge on any atom is 0.253 e. The molecule has 0 saturated heterocycles. The molecule has 0 bridgehead atoms. The summed E-state index contributed by atoms with van der Waals surface area (Å²) in [6, 6.07) is 26.0. The molecule has 8 heteroatoms. The van der Waals surface area contributed by atoms with Gasteiger partial charge < -0.3 is 5.32 Å². The van der Waals surface area contributed by atoms with Crippen molar-refractivity contribution in [1.82, 2.24) is 20.2 Å². The molecular formula is C27H28N6OS. The van der Waals surface area contributed by atoms with Crippen LogP contribution in [-0.4, -0.2) is 32.1 Å². The van der Waals surface area contributed by atoms with Gasteiger partial charge in [-0.3, -0.25) is 9.36 Å². The SMILES string of the molecule is Cc1ccc(/C=N\NC(=O)C(C)Sc2nnc(CNc3ccc(C)cc3)n2-c2ccccc2)cc1. The number of hydrogen-bond donors (Lipinski definition) is 2. The van der Waals surface area contributed by atoms with Crippen LogP contribution in [0.2, 0.25) is 0 Å². The molecule has 1 atom stereocenters. The van der Waals surface area contributed by atoms with E-state index in [2.05, 4.69) is 45.1 Å². The number of anilines is 1. The Kier molecular flexibility index (Phi) is 7.95. The summed E-state index contributed by atoms with van der Waals surface area (Å²) in [6.07, 6.45) is 1.63. The van der Waals surface area contributed by atoms with E-state index in [-0.39, 0.29) is 5.91 Å². The van der Waals surface area contributed by atoms with Gasteiger partial charge >= 0.3 is 0 Å². The summed E-state index contributed by atoms with van der Waals surface area (Å²) in [5.41, 5.74) is 7.87. The van der Waals surface area contributed by atoms with Gasteiger partial charge in [-0.15, -0.1) is 10.2 Å². The predicted octanol–water partition coefficient (Wildman–Crippen LogP) is 5.13. The van der Waals surface area contributed by atoms with Crippen molar-refractivity contribution in [3.8, 4) is 5.69 Å². The molecule has 1 heterocycles. The summed E-state index contributed by atoms with van der Waals surface area (Å²) in [7, 11) is 0. The minimum Gasteiger partial charge on any atom is -0.378 e. The number of aryl methyl sites for hydroxylation is 2. The van der Waals surface area contributed by atoms with Crippen molar-refractivity contribution in [2.45, 2.75) is 37.7 Å². The number of amides is 1. The van der Waals surface area contributed by atoms with Gasteiger partial charge in [0.05, 0.1) is 18.0 Å². The topological polar surface area (TPSA) is 84.2 Å². The van der Waals surface area contributed by atoms with Gasteiger partial charge in [0.15, 0.2) is 11.0 Å². The van der Waals surface area contributed by atoms with Crippen LogP contribution in [-0.2, 0) is 11.3 Å². The van der Waals surface area contributed by atoms with E-state index in [1.165, 1.54) is 22.9 Å². The zero-order chi connectivity index (χ0) is 24.6. The third-order valence-corrected chi connectivity index (χ3v) is 6.38. The molecule has 0 aliphatic rings. The van der Waals surface area contributed by atoms with Gasteiger partial charge in [-0.25, -0.2) is 5.43 Å². The molecule has 0 spiro atoms. The van der Waals surface area contributed by atoms with Crippen LogP contribution in [0.3, 0.4) is 0 Å². The van der Waals surface area contributed by atoms with E-state index in [1.807, 2.05) is 85.1 Å². The van der Waals surface area contributed by atoms with E-state index in [1.54, 1.807) is 6.21 Å². The molecule has 7 nitrogen and oxygen atoms in total. The van der Waals surface area contributed by atoms with E-state index in [0.717, 1.165) is 22.8 Å². The van der Waals surface area contributed by atoms with E-state index in [0.29, 0.717) is 11.7 Å². The predicted molar refractivity (Wildman–Crippen MR) is 142 cm³/mol. The van der Waals surface area contributed by atoms with Crippen molar-refractivity contribution in [2.24, 2.45) is 5.10 Å². The van der Waals surface area contributed by atoms with E-state index >= 15 is 0 Å². The van der Waals surface area contributed by atoms with Crippen molar-refractivity contribution < 1.29 is 4.79 Å². The van der Waals surface area contributed by atoms with Gasteiger partial charge in [-0.05, 0) is 50.6 Å². The van der Waals surface area contributed by atoms with E-state index in [4.69, 9.17) is 0 Å². The summed E-state index contributed by atoms with van der Waals surface area (Å²) in [5.74, 6) is 0.546. The monoisotopic (exact) mass is 484 g/mol. The number of aromatic nitrogens is 3. The van der Waals surface area contributed by atoms with Crippen LogP contribution in [0.4, 0.5) is 5.69 Å². The van der Waals surface area contributed by atoms with Gasteiger partial charge in [0, 0.05) is 11.4 Å². The number of para-hydroxylation sites is 1. The van der Waals surface area contributed by atoms with Crippen molar-refractivity contribution >= 4 is 29.6 Å². The quantitative estimate of drug-likeness (QED) is 0.196. The number of nitrogens with zero attached hydrogens (tertiary/aromatic N) is 4. The van der Waals surface area contributed by atoms with Crippen LogP contribution in [0.25, 0.3) is 5.69 Å². The Morgan fingerprint density at radius 2 is 1.63 bits per heavy atom. The van der Waals surface area contributed by atoms with Gasteiger partial charge in [-0.1, -0.05) is 77.5 Å². The Bertz CT molecular complexity index is 1280. The first-order valence-corrected chi connectivity index (χ1v) is 12.2. The third-order valence-electron chi connectivity index (χ3n) is 5.33. The molecule has 4 rings (SSSR count). The normalized spacial score (nSPS) is 12.0. The minimum absolute atomic E-state index is 0.208. The lowest BCUT2D eigenvalue weighted by Gasteiger charge is -2.13. The largest absolute Gasteiger partial charge is 0.378 e. The number of carbonyl (C=O) groups excluding carboxylic acids is 1. The second kappa shape index (κ2) is 11.5. The summed E-state index contributed by atoms with van der Waals surface area (Å²) >= 11 is 1.34. The summed E-state index contributed by atoms with van der Waals surface area (Å²) < 4.78 is 1.98. The molecule has 0 saturated carbocycles. The van der Waals surface area contributed by atoms with Crippen LogP contribution in [0.1, 0.15) is 29.4 Å². The lowest BCUT2D eigenvalue weighted by atomic mass is 10.2. The first-order valence-electron chi connectivity index (χ1n) is 11.4. The highest BCUT2D eigenvalue weighted by molar-refractivity contribution is 8.00. The molecule has 0 aliphatic heterocycles. The van der Waals surface area contributed by atoms with E-state index < -0.39 is 5.25 Å². The number of nitrogens with one attached hydrogen (secondary N) is 2. The summed E-state index contributed by atoms with van der Waals surface area (Å²) in [4.78, 5) is 12.7. The molecule has 1 aromatic heterocycles. The average Bonchev–Trinajstić information content (AvgIpc) is 3.27. The Hall–Kier alpha value is -3.91. The van der Waals surface area contributed by atoms with Crippen LogP contribution in [0.5, 0.6) is 0 Å². The fourth-order valence-electron chi connectivity index (χ4n) is 3.31. The van der Waals surface area contributed by atoms with Gasteiger partial charge in [0.2, 0.25) is 0 Å². The standard InChI is InChI=1S/C27H28N6OS/c1-19-9-13-22(14-10-19)17-29-31-26(34)21(3)35-27-32-30-25(33(27)24-7-5-4-6-8-24)18-28-23-15-11-20(2)12-16-23/h4-17,21,28H,18H2,1-3H3,(H,31,34)/b29-17-. The fourth-order valence-corrected chi connectivity index (χ4v) is 4.19. The van der Waals surface area contributed by atoms with Crippen LogP contribution in [0.15, 0.2) is 89.1 Å². The van der Waals surface area contributed by atoms with Crippen LogP contribution >= 0.6 is 11.8 Å². The van der Waals surface area contributed by atoms with Gasteiger partial charge in [-0.2, -0.15) is 5.10 Å². The van der Waals surface area contributed by atoms with Crippen LogP contribution in [0, 0.1) is 13.8 Å². The minimum atomic E-state index is -0.422. The Morgan fingerprint density at radius 3 is 2.31 bits per heavy atom. The van der Waals surface area contributed by atoms with Crippen LogP contribution < -0.4 is 10.7 Å². The lowest BCUT2D eigenvalue weighted by molar-refractivity contribution is -0.120. The number of hydrogen-bond acceptors (Lipinski definition) is 6. The molecule has 0 fully saturated rings. The molecule has 4 aromatic rings. The first-order chi connectivity index (χ1) is 17.0. The molecule has 1 amide bonds. The number of benzene rings is 3. The molecule has 2 N–H and O–H groups in total. The number of carbonyl (C=O) groups is 1. The second-order valence-corrected chi connectivity index (χ2v) is 9.50. The highest BCUT2D eigenvalue weighted by Crippen LogP contribution is 2.26. The molecule has 1 unspecified atom stereocenters. The van der Waals surface area contributed by atoms with Crippen molar-refractivity contribution in [3.63, 3.8) is 0 Å². The molecule has 3 aromatic carbocycles. The third kappa shape index (κ3) is 6.58. The summed E-state index contributed by atoms with van der Waals surface area (Å²) in [5, 5.41) is 16.5. The smallest absolute Gasteiger partial charge is 0.253 e. The number of hydrazone groups is 1. The Labute approximate surface area is 209 Å². The number of rotatable bonds is 9. The van der Waals surface area contributed by atoms with E-state index in [9.17, 15) is 4.79 Å². The highest BCUT2D eigenvalue weighted by Gasteiger charge is 2.21. The van der Waals surface area contributed by atoms with Crippen molar-refractivity contribution in [1.29, 1.82) is 0 Å². The van der Waals surface area contributed by atoms with Gasteiger partial charge in [0.1, 0.15) is 0 Å². The zero-order valence-corrected chi connectivity index (χ0v) is 20.8. The Balaban J connectivity index is 1.46. The Morgan fingerprint density at radius 1 is 0.971 bits per heavy atom. The van der Waals surface area contributed by atoms with Crippen molar-refractivity contribution in [2.75, 3.05) is 5.32 Å². The number of thioether (sulfide) groups is 1. The molecule has 35 heavy (non-hydrogen) atoms.